The molecule has 2 nitrogen and oxygen atoms in total. The van der Waals surface area contributed by atoms with Crippen LogP contribution in [0.4, 0.5) is 0 Å². The number of likely N-dealkylation sites (tertiary alicyclic amines) is 1. The number of hydrogen-bond donors (Lipinski definition) is 1. The molecule has 0 bridgehead atoms. The minimum atomic E-state index is 0.757. The lowest BCUT2D eigenvalue weighted by Gasteiger charge is -2.26. The van der Waals surface area contributed by atoms with Crippen molar-refractivity contribution >= 4 is 11.8 Å². The molecule has 0 aromatic carbocycles. The highest BCUT2D eigenvalue weighted by molar-refractivity contribution is 7.99. The molecule has 2 heterocycles. The lowest BCUT2D eigenvalue weighted by Crippen LogP contribution is -2.33. The van der Waals surface area contributed by atoms with Crippen LogP contribution in [0.5, 0.6) is 0 Å². The Hall–Kier alpha value is 0.270. The van der Waals surface area contributed by atoms with Crippen LogP contribution in [0, 0.1) is 5.92 Å². The van der Waals surface area contributed by atoms with Crippen LogP contribution >= 0.6 is 11.8 Å². The van der Waals surface area contributed by atoms with Crippen LogP contribution in [0.1, 0.15) is 19.3 Å². The molecule has 1 N–H and O–H groups in total. The molecule has 0 radical (unpaired) electrons. The fourth-order valence-corrected chi connectivity index (χ4v) is 3.73. The Morgan fingerprint density at radius 1 is 1.29 bits per heavy atom. The van der Waals surface area contributed by atoms with Gasteiger partial charge >= 0.3 is 0 Å². The maximum absolute atomic E-state index is 3.39. The molecule has 3 heteroatoms. The summed E-state index contributed by atoms with van der Waals surface area (Å²) >= 11 is 2.13. The molecular formula is C11H22N2S. The summed E-state index contributed by atoms with van der Waals surface area (Å²) in [6, 6.07) is 0.757. The molecule has 2 aliphatic heterocycles. The molecule has 0 aliphatic carbocycles. The van der Waals surface area contributed by atoms with Gasteiger partial charge in [-0.25, -0.2) is 0 Å². The second-order valence-corrected chi connectivity index (χ2v) is 5.81. The van der Waals surface area contributed by atoms with Crippen LogP contribution in [-0.2, 0) is 0 Å². The van der Waals surface area contributed by atoms with E-state index in [1.807, 2.05) is 0 Å². The molecule has 2 aliphatic rings. The number of thioether (sulfide) groups is 1. The van der Waals surface area contributed by atoms with E-state index in [-0.39, 0.29) is 0 Å². The Morgan fingerprint density at radius 3 is 2.71 bits per heavy atom. The van der Waals surface area contributed by atoms with Crippen molar-refractivity contribution in [3.05, 3.63) is 0 Å². The lowest BCUT2D eigenvalue weighted by atomic mass is 10.0. The van der Waals surface area contributed by atoms with Crippen LogP contribution < -0.4 is 5.32 Å². The molecule has 1 atom stereocenters. The van der Waals surface area contributed by atoms with Gasteiger partial charge in [0.2, 0.25) is 0 Å². The zero-order chi connectivity index (χ0) is 9.80. The summed E-state index contributed by atoms with van der Waals surface area (Å²) in [4.78, 5) is 2.65. The van der Waals surface area contributed by atoms with Gasteiger partial charge in [0, 0.05) is 19.1 Å². The fraction of sp³-hybridized carbons (Fsp3) is 1.00. The molecule has 82 valence electrons. The Kier molecular flexibility index (Phi) is 4.14. The first-order valence-electron chi connectivity index (χ1n) is 5.86. The predicted octanol–water partition coefficient (Wildman–Crippen LogP) is 1.42. The van der Waals surface area contributed by atoms with E-state index in [1.165, 1.54) is 50.4 Å². The van der Waals surface area contributed by atoms with Crippen LogP contribution in [0.25, 0.3) is 0 Å². The van der Waals surface area contributed by atoms with Gasteiger partial charge in [0.25, 0.3) is 0 Å². The van der Waals surface area contributed by atoms with Crippen LogP contribution in [-0.4, -0.2) is 49.1 Å². The minimum Gasteiger partial charge on any atom is -0.316 e. The van der Waals surface area contributed by atoms with Crippen LogP contribution in [0.15, 0.2) is 0 Å². The van der Waals surface area contributed by atoms with Crippen molar-refractivity contribution in [1.82, 2.24) is 10.2 Å². The Balaban J connectivity index is 1.69. The lowest BCUT2D eigenvalue weighted by molar-refractivity contribution is 0.263. The molecule has 2 fully saturated rings. The standard InChI is InChI=1S/C11H22N2S/c1-12-11-2-5-13(9-11)8-10-3-6-14-7-4-10/h10-12H,2-9H2,1H3. The number of hydrogen-bond acceptors (Lipinski definition) is 3. The summed E-state index contributed by atoms with van der Waals surface area (Å²) in [7, 11) is 2.09. The maximum Gasteiger partial charge on any atom is 0.0204 e. The Labute approximate surface area is 91.8 Å². The third kappa shape index (κ3) is 2.88. The van der Waals surface area contributed by atoms with Gasteiger partial charge in [-0.05, 0) is 50.3 Å². The van der Waals surface area contributed by atoms with E-state index in [1.54, 1.807) is 0 Å². The largest absolute Gasteiger partial charge is 0.316 e. The Morgan fingerprint density at radius 2 is 2.07 bits per heavy atom. The number of nitrogens with zero attached hydrogens (tertiary/aromatic N) is 1. The molecule has 2 rings (SSSR count). The van der Waals surface area contributed by atoms with E-state index >= 15 is 0 Å². The third-order valence-corrected chi connectivity index (χ3v) is 4.59. The van der Waals surface area contributed by atoms with Gasteiger partial charge in [-0.15, -0.1) is 0 Å². The summed E-state index contributed by atoms with van der Waals surface area (Å²) in [5, 5.41) is 3.39. The van der Waals surface area contributed by atoms with Crippen molar-refractivity contribution in [3.8, 4) is 0 Å². The molecule has 0 saturated carbocycles. The summed E-state index contributed by atoms with van der Waals surface area (Å²) in [6.07, 6.45) is 4.24. The van der Waals surface area contributed by atoms with Gasteiger partial charge in [-0.1, -0.05) is 0 Å². The van der Waals surface area contributed by atoms with E-state index in [0.29, 0.717) is 0 Å². The van der Waals surface area contributed by atoms with Gasteiger partial charge in [-0.3, -0.25) is 0 Å². The van der Waals surface area contributed by atoms with Crippen molar-refractivity contribution < 1.29 is 0 Å². The highest BCUT2D eigenvalue weighted by Crippen LogP contribution is 2.24. The van der Waals surface area contributed by atoms with E-state index in [9.17, 15) is 0 Å². The average Bonchev–Trinajstić information content (AvgIpc) is 2.67. The van der Waals surface area contributed by atoms with E-state index in [0.717, 1.165) is 12.0 Å². The fourth-order valence-electron chi connectivity index (χ4n) is 2.53. The maximum atomic E-state index is 3.39. The van der Waals surface area contributed by atoms with Crippen LogP contribution in [0.3, 0.4) is 0 Å². The molecule has 1 unspecified atom stereocenters. The Bertz CT molecular complexity index is 169. The minimum absolute atomic E-state index is 0.757. The first-order valence-corrected chi connectivity index (χ1v) is 7.01. The normalized spacial score (nSPS) is 31.1. The summed E-state index contributed by atoms with van der Waals surface area (Å²) in [6.45, 7) is 3.95. The summed E-state index contributed by atoms with van der Waals surface area (Å²) < 4.78 is 0. The third-order valence-electron chi connectivity index (χ3n) is 3.54. The zero-order valence-electron chi connectivity index (χ0n) is 9.17. The molecule has 14 heavy (non-hydrogen) atoms. The molecule has 0 amide bonds. The highest BCUT2D eigenvalue weighted by Gasteiger charge is 2.24. The summed E-state index contributed by atoms with van der Waals surface area (Å²) in [5.41, 5.74) is 0. The van der Waals surface area contributed by atoms with Gasteiger partial charge in [-0.2, -0.15) is 11.8 Å². The molecule has 0 spiro atoms. The van der Waals surface area contributed by atoms with Crippen molar-refractivity contribution in [1.29, 1.82) is 0 Å². The van der Waals surface area contributed by atoms with E-state index in [4.69, 9.17) is 0 Å². The quantitative estimate of drug-likeness (QED) is 0.765. The second-order valence-electron chi connectivity index (χ2n) is 4.59. The van der Waals surface area contributed by atoms with Crippen molar-refractivity contribution in [2.24, 2.45) is 5.92 Å². The van der Waals surface area contributed by atoms with Gasteiger partial charge in [0.05, 0.1) is 0 Å². The SMILES string of the molecule is CNC1CCN(CC2CCSCC2)C1. The predicted molar refractivity (Wildman–Crippen MR) is 64.0 cm³/mol. The first kappa shape index (κ1) is 10.8. The van der Waals surface area contributed by atoms with Crippen molar-refractivity contribution in [3.63, 3.8) is 0 Å². The van der Waals surface area contributed by atoms with E-state index < -0.39 is 0 Å². The molecular weight excluding hydrogens is 192 g/mol. The smallest absolute Gasteiger partial charge is 0.0204 e. The van der Waals surface area contributed by atoms with Gasteiger partial charge in [0.1, 0.15) is 0 Å². The average molecular weight is 214 g/mol. The molecule has 2 saturated heterocycles. The van der Waals surface area contributed by atoms with Crippen molar-refractivity contribution in [2.45, 2.75) is 25.3 Å². The van der Waals surface area contributed by atoms with Gasteiger partial charge < -0.3 is 10.2 Å². The van der Waals surface area contributed by atoms with Crippen molar-refractivity contribution in [2.75, 3.05) is 38.2 Å². The van der Waals surface area contributed by atoms with Crippen LogP contribution in [0.2, 0.25) is 0 Å². The molecule has 0 aromatic heterocycles. The van der Waals surface area contributed by atoms with E-state index in [2.05, 4.69) is 29.0 Å². The highest BCUT2D eigenvalue weighted by atomic mass is 32.2. The summed E-state index contributed by atoms with van der Waals surface area (Å²) in [5.74, 6) is 3.79. The van der Waals surface area contributed by atoms with Gasteiger partial charge in [0.15, 0.2) is 0 Å². The second kappa shape index (κ2) is 5.38. The monoisotopic (exact) mass is 214 g/mol. The zero-order valence-corrected chi connectivity index (χ0v) is 9.98. The number of nitrogens with one attached hydrogen (secondary N) is 1. The number of likely N-dealkylation sites (N-methyl/N-ethyl adjacent to an activating group) is 1. The first-order chi connectivity index (χ1) is 6.88. The molecule has 0 aromatic rings. The number of rotatable bonds is 3. The topological polar surface area (TPSA) is 15.3 Å².